The third kappa shape index (κ3) is 4.27. The Labute approximate surface area is 174 Å². The molecule has 1 atom stereocenters. The lowest BCUT2D eigenvalue weighted by Gasteiger charge is -2.18. The predicted molar refractivity (Wildman–Crippen MR) is 115 cm³/mol. The minimum atomic E-state index is -0.197. The van der Waals surface area contributed by atoms with Crippen molar-refractivity contribution in [3.8, 4) is 0 Å². The summed E-state index contributed by atoms with van der Waals surface area (Å²) in [5, 5.41) is 6.55. The predicted octanol–water partition coefficient (Wildman–Crippen LogP) is 4.96. The Bertz CT molecular complexity index is 1020. The standard InChI is InChI=1S/C23H24N2O3S/c1-14-5-8-16(9-6-14)21(26)25-23-20(18-10-7-15(2)12-19(18)29-23)22(27)24-13-17-4-3-11-28-17/h3-6,8-9,11,15H,7,10,12-13H2,1-2H3,(H,24,27)(H,25,26). The molecule has 0 saturated heterocycles. The summed E-state index contributed by atoms with van der Waals surface area (Å²) in [6, 6.07) is 11.0. The molecule has 3 aromatic rings. The molecular weight excluding hydrogens is 384 g/mol. The number of rotatable bonds is 5. The van der Waals surface area contributed by atoms with E-state index in [2.05, 4.69) is 17.6 Å². The van der Waals surface area contributed by atoms with Crippen LogP contribution in [0.4, 0.5) is 5.00 Å². The van der Waals surface area contributed by atoms with Crippen LogP contribution in [-0.4, -0.2) is 11.8 Å². The highest BCUT2D eigenvalue weighted by atomic mass is 32.1. The van der Waals surface area contributed by atoms with Gasteiger partial charge in [-0.25, -0.2) is 0 Å². The summed E-state index contributed by atoms with van der Waals surface area (Å²) in [5.74, 6) is 0.909. The Morgan fingerprint density at radius 2 is 1.97 bits per heavy atom. The molecule has 1 aliphatic carbocycles. The average molecular weight is 409 g/mol. The van der Waals surface area contributed by atoms with Gasteiger partial charge in [0.1, 0.15) is 10.8 Å². The monoisotopic (exact) mass is 408 g/mol. The summed E-state index contributed by atoms with van der Waals surface area (Å²) >= 11 is 1.53. The number of amides is 2. The van der Waals surface area contributed by atoms with E-state index in [0.717, 1.165) is 30.4 Å². The number of thiophene rings is 1. The van der Waals surface area contributed by atoms with Crippen LogP contribution in [0.25, 0.3) is 0 Å². The molecule has 0 saturated carbocycles. The molecule has 4 rings (SSSR count). The molecule has 0 bridgehead atoms. The molecule has 5 nitrogen and oxygen atoms in total. The molecule has 0 aliphatic heterocycles. The smallest absolute Gasteiger partial charge is 0.256 e. The van der Waals surface area contributed by atoms with Gasteiger partial charge in [0, 0.05) is 10.4 Å². The molecule has 2 N–H and O–H groups in total. The first kappa shape index (κ1) is 19.5. The maximum absolute atomic E-state index is 13.0. The van der Waals surface area contributed by atoms with Crippen molar-refractivity contribution in [1.29, 1.82) is 0 Å². The Balaban J connectivity index is 1.60. The van der Waals surface area contributed by atoms with Gasteiger partial charge in [-0.05, 0) is 61.9 Å². The molecule has 0 spiro atoms. The molecule has 2 amide bonds. The zero-order valence-electron chi connectivity index (χ0n) is 16.6. The van der Waals surface area contributed by atoms with Crippen LogP contribution in [0, 0.1) is 12.8 Å². The van der Waals surface area contributed by atoms with Gasteiger partial charge in [0.15, 0.2) is 0 Å². The van der Waals surface area contributed by atoms with Crippen LogP contribution in [0.3, 0.4) is 0 Å². The maximum atomic E-state index is 13.0. The number of fused-ring (bicyclic) bond motifs is 1. The number of nitrogens with one attached hydrogen (secondary N) is 2. The van der Waals surface area contributed by atoms with Gasteiger partial charge >= 0.3 is 0 Å². The van der Waals surface area contributed by atoms with Gasteiger partial charge in [-0.1, -0.05) is 24.6 Å². The minimum Gasteiger partial charge on any atom is -0.467 e. The van der Waals surface area contributed by atoms with Crippen molar-refractivity contribution in [3.05, 3.63) is 75.6 Å². The lowest BCUT2D eigenvalue weighted by Crippen LogP contribution is -2.25. The van der Waals surface area contributed by atoms with E-state index >= 15 is 0 Å². The lowest BCUT2D eigenvalue weighted by molar-refractivity contribution is 0.0948. The fraction of sp³-hybridized carbons (Fsp3) is 0.304. The third-order valence-electron chi connectivity index (χ3n) is 5.28. The maximum Gasteiger partial charge on any atom is 0.256 e. The second-order valence-electron chi connectivity index (χ2n) is 7.64. The number of anilines is 1. The molecule has 1 unspecified atom stereocenters. The summed E-state index contributed by atoms with van der Waals surface area (Å²) in [5.41, 5.74) is 3.35. The molecular formula is C23H24N2O3S. The zero-order chi connectivity index (χ0) is 20.4. The van der Waals surface area contributed by atoms with E-state index in [4.69, 9.17) is 4.42 Å². The minimum absolute atomic E-state index is 0.173. The summed E-state index contributed by atoms with van der Waals surface area (Å²) in [6.45, 7) is 4.53. The normalized spacial score (nSPS) is 15.6. The van der Waals surface area contributed by atoms with Crippen molar-refractivity contribution in [2.24, 2.45) is 5.92 Å². The number of hydrogen-bond acceptors (Lipinski definition) is 4. The van der Waals surface area contributed by atoms with Gasteiger partial charge < -0.3 is 15.1 Å². The Kier molecular flexibility index (Phi) is 5.53. The topological polar surface area (TPSA) is 71.3 Å². The quantitative estimate of drug-likeness (QED) is 0.627. The van der Waals surface area contributed by atoms with Crippen molar-refractivity contribution in [2.75, 3.05) is 5.32 Å². The summed E-state index contributed by atoms with van der Waals surface area (Å²) in [6.07, 6.45) is 4.44. The Morgan fingerprint density at radius 3 is 2.69 bits per heavy atom. The molecule has 2 heterocycles. The van der Waals surface area contributed by atoms with E-state index in [0.29, 0.717) is 34.4 Å². The number of aryl methyl sites for hydroxylation is 1. The fourth-order valence-electron chi connectivity index (χ4n) is 3.63. The van der Waals surface area contributed by atoms with E-state index in [1.807, 2.05) is 25.1 Å². The van der Waals surface area contributed by atoms with Crippen LogP contribution in [0.15, 0.2) is 47.1 Å². The molecule has 1 aliphatic rings. The Morgan fingerprint density at radius 1 is 1.17 bits per heavy atom. The molecule has 6 heteroatoms. The molecule has 150 valence electrons. The first-order valence-corrected chi connectivity index (χ1v) is 10.7. The van der Waals surface area contributed by atoms with E-state index in [1.165, 1.54) is 16.2 Å². The van der Waals surface area contributed by atoms with E-state index in [9.17, 15) is 9.59 Å². The zero-order valence-corrected chi connectivity index (χ0v) is 17.4. The number of carbonyl (C=O) groups is 2. The highest BCUT2D eigenvalue weighted by molar-refractivity contribution is 7.17. The van der Waals surface area contributed by atoms with Gasteiger partial charge in [-0.3, -0.25) is 9.59 Å². The first-order valence-electron chi connectivity index (χ1n) is 9.84. The van der Waals surface area contributed by atoms with Gasteiger partial charge in [0.25, 0.3) is 11.8 Å². The molecule has 1 aromatic carbocycles. The number of hydrogen-bond donors (Lipinski definition) is 2. The van der Waals surface area contributed by atoms with Crippen LogP contribution in [-0.2, 0) is 19.4 Å². The van der Waals surface area contributed by atoms with Crippen LogP contribution < -0.4 is 10.6 Å². The van der Waals surface area contributed by atoms with Gasteiger partial charge in [0.2, 0.25) is 0 Å². The van der Waals surface area contributed by atoms with Gasteiger partial charge in [-0.15, -0.1) is 11.3 Å². The number of benzene rings is 1. The molecule has 0 fully saturated rings. The average Bonchev–Trinajstić information content (AvgIpc) is 3.33. The van der Waals surface area contributed by atoms with Crippen molar-refractivity contribution in [1.82, 2.24) is 5.32 Å². The van der Waals surface area contributed by atoms with Crippen LogP contribution in [0.2, 0.25) is 0 Å². The summed E-state index contributed by atoms with van der Waals surface area (Å²) in [7, 11) is 0. The van der Waals surface area contributed by atoms with Crippen molar-refractivity contribution >= 4 is 28.2 Å². The van der Waals surface area contributed by atoms with Gasteiger partial charge in [-0.2, -0.15) is 0 Å². The third-order valence-corrected chi connectivity index (χ3v) is 6.45. The molecule has 2 aromatic heterocycles. The SMILES string of the molecule is Cc1ccc(C(=O)Nc2sc3c(c2C(=O)NCc2ccco2)CCC(C)C3)cc1. The van der Waals surface area contributed by atoms with Gasteiger partial charge in [0.05, 0.1) is 18.4 Å². The van der Waals surface area contributed by atoms with Crippen LogP contribution in [0.1, 0.15) is 55.8 Å². The van der Waals surface area contributed by atoms with E-state index in [-0.39, 0.29) is 11.8 Å². The number of furan rings is 1. The molecule has 0 radical (unpaired) electrons. The van der Waals surface area contributed by atoms with E-state index in [1.54, 1.807) is 24.5 Å². The van der Waals surface area contributed by atoms with Crippen LogP contribution >= 0.6 is 11.3 Å². The van der Waals surface area contributed by atoms with E-state index < -0.39 is 0 Å². The largest absolute Gasteiger partial charge is 0.467 e. The fourth-order valence-corrected chi connectivity index (χ4v) is 5.03. The highest BCUT2D eigenvalue weighted by Gasteiger charge is 2.28. The lowest BCUT2D eigenvalue weighted by atomic mass is 9.88. The van der Waals surface area contributed by atoms with Crippen molar-refractivity contribution in [2.45, 2.75) is 39.7 Å². The van der Waals surface area contributed by atoms with Crippen molar-refractivity contribution in [3.63, 3.8) is 0 Å². The highest BCUT2D eigenvalue weighted by Crippen LogP contribution is 2.39. The first-order chi connectivity index (χ1) is 14.0. The molecule has 29 heavy (non-hydrogen) atoms. The van der Waals surface area contributed by atoms with Crippen LogP contribution in [0.5, 0.6) is 0 Å². The second kappa shape index (κ2) is 8.25. The Hall–Kier alpha value is -2.86. The summed E-state index contributed by atoms with van der Waals surface area (Å²) in [4.78, 5) is 27.0. The summed E-state index contributed by atoms with van der Waals surface area (Å²) < 4.78 is 5.31. The van der Waals surface area contributed by atoms with Crippen molar-refractivity contribution < 1.29 is 14.0 Å². The second-order valence-corrected chi connectivity index (χ2v) is 8.74. The number of carbonyl (C=O) groups excluding carboxylic acids is 2.